The molecule has 0 aliphatic rings. The summed E-state index contributed by atoms with van der Waals surface area (Å²) in [5, 5.41) is 11.5. The Morgan fingerprint density at radius 3 is 2.76 bits per heavy atom. The second-order valence-corrected chi connectivity index (χ2v) is 4.39. The van der Waals surface area contributed by atoms with Crippen molar-refractivity contribution in [3.63, 3.8) is 0 Å². The first-order valence-corrected chi connectivity index (χ1v) is 6.47. The van der Waals surface area contributed by atoms with Crippen LogP contribution in [0.2, 0.25) is 0 Å². The van der Waals surface area contributed by atoms with Crippen molar-refractivity contribution in [2.45, 2.75) is 13.3 Å². The Morgan fingerprint density at radius 1 is 1.33 bits per heavy atom. The third kappa shape index (κ3) is 4.13. The maximum atomic E-state index is 12.0. The van der Waals surface area contributed by atoms with E-state index in [0.717, 1.165) is 16.8 Å². The van der Waals surface area contributed by atoms with Crippen LogP contribution in [0, 0.1) is 18.8 Å². The van der Waals surface area contributed by atoms with E-state index in [1.54, 1.807) is 6.07 Å². The first-order valence-electron chi connectivity index (χ1n) is 6.47. The van der Waals surface area contributed by atoms with Crippen molar-refractivity contribution < 1.29 is 9.90 Å². The molecule has 0 aliphatic heterocycles. The molecule has 5 heteroatoms. The van der Waals surface area contributed by atoms with Gasteiger partial charge in [0.2, 0.25) is 0 Å². The molecule has 0 radical (unpaired) electrons. The summed E-state index contributed by atoms with van der Waals surface area (Å²) in [6, 6.07) is 5.52. The van der Waals surface area contributed by atoms with Gasteiger partial charge in [0.15, 0.2) is 0 Å². The van der Waals surface area contributed by atoms with Crippen LogP contribution < -0.4 is 5.32 Å². The van der Waals surface area contributed by atoms with Crippen molar-refractivity contribution >= 4 is 11.6 Å². The topological polar surface area (TPSA) is 75.1 Å². The number of carbonyl (C=O) groups excluding carboxylic acids is 1. The van der Waals surface area contributed by atoms with Crippen molar-refractivity contribution in [3.8, 4) is 11.8 Å². The molecule has 0 unspecified atom stereocenters. The maximum absolute atomic E-state index is 12.0. The molecule has 1 aromatic heterocycles. The number of nitrogens with one attached hydrogen (secondary N) is 1. The summed E-state index contributed by atoms with van der Waals surface area (Å²) in [6.45, 7) is 1.95. The minimum atomic E-state index is -0.252. The van der Waals surface area contributed by atoms with Gasteiger partial charge in [-0.1, -0.05) is 11.8 Å². The molecule has 21 heavy (non-hydrogen) atoms. The predicted octanol–water partition coefficient (Wildman–Crippen LogP) is 1.77. The van der Waals surface area contributed by atoms with Crippen molar-refractivity contribution in [1.82, 2.24) is 9.97 Å². The van der Waals surface area contributed by atoms with Gasteiger partial charge in [-0.2, -0.15) is 0 Å². The van der Waals surface area contributed by atoms with Gasteiger partial charge in [0.25, 0.3) is 5.91 Å². The average Bonchev–Trinajstić information content (AvgIpc) is 2.51. The molecule has 0 atom stereocenters. The van der Waals surface area contributed by atoms with Crippen LogP contribution in [0.3, 0.4) is 0 Å². The van der Waals surface area contributed by atoms with Crippen LogP contribution in [0.25, 0.3) is 0 Å². The largest absolute Gasteiger partial charge is 0.395 e. The summed E-state index contributed by atoms with van der Waals surface area (Å²) >= 11 is 0. The number of carbonyl (C=O) groups is 1. The Hall–Kier alpha value is -2.71. The zero-order valence-corrected chi connectivity index (χ0v) is 11.6. The molecule has 1 amide bonds. The highest BCUT2D eigenvalue weighted by Crippen LogP contribution is 2.17. The summed E-state index contributed by atoms with van der Waals surface area (Å²) in [5.41, 5.74) is 2.89. The van der Waals surface area contributed by atoms with Gasteiger partial charge in [-0.15, -0.1) is 0 Å². The summed E-state index contributed by atoms with van der Waals surface area (Å²) < 4.78 is 0. The normalized spacial score (nSPS) is 9.62. The van der Waals surface area contributed by atoms with Gasteiger partial charge in [0.05, 0.1) is 12.2 Å². The molecular weight excluding hydrogens is 266 g/mol. The van der Waals surface area contributed by atoms with E-state index in [-0.39, 0.29) is 12.5 Å². The number of hydrogen-bond donors (Lipinski definition) is 2. The molecule has 0 bridgehead atoms. The second-order valence-electron chi connectivity index (χ2n) is 4.39. The fourth-order valence-corrected chi connectivity index (χ4v) is 1.71. The molecule has 0 fully saturated rings. The number of nitrogens with zero attached hydrogens (tertiary/aromatic N) is 2. The quantitative estimate of drug-likeness (QED) is 0.841. The van der Waals surface area contributed by atoms with E-state index in [0.29, 0.717) is 12.0 Å². The van der Waals surface area contributed by atoms with Crippen LogP contribution in [0.15, 0.2) is 36.9 Å². The molecule has 1 heterocycles. The smallest absolute Gasteiger partial charge is 0.258 e. The Balaban J connectivity index is 2.12. The van der Waals surface area contributed by atoms with E-state index >= 15 is 0 Å². The van der Waals surface area contributed by atoms with Gasteiger partial charge >= 0.3 is 0 Å². The number of rotatable bonds is 3. The third-order valence-corrected chi connectivity index (χ3v) is 2.77. The number of hydrogen-bond acceptors (Lipinski definition) is 4. The maximum Gasteiger partial charge on any atom is 0.258 e. The van der Waals surface area contributed by atoms with Crippen molar-refractivity contribution in [1.29, 1.82) is 0 Å². The lowest BCUT2D eigenvalue weighted by Gasteiger charge is -2.08. The van der Waals surface area contributed by atoms with E-state index in [4.69, 9.17) is 5.11 Å². The summed E-state index contributed by atoms with van der Waals surface area (Å²) in [7, 11) is 0. The van der Waals surface area contributed by atoms with Gasteiger partial charge in [-0.3, -0.25) is 4.79 Å². The standard InChI is InChI=1S/C16H15N3O2/c1-12-8-13(4-2-3-7-20)5-6-15(12)19-16(21)14-9-17-11-18-10-14/h5-6,8-11,20H,3,7H2,1H3,(H,19,21). The fraction of sp³-hybridized carbons (Fsp3) is 0.188. The highest BCUT2D eigenvalue weighted by molar-refractivity contribution is 6.04. The highest BCUT2D eigenvalue weighted by atomic mass is 16.2. The number of aliphatic hydroxyl groups is 1. The monoisotopic (exact) mass is 281 g/mol. The van der Waals surface area contributed by atoms with Crippen LogP contribution in [-0.4, -0.2) is 27.6 Å². The van der Waals surface area contributed by atoms with Gasteiger partial charge < -0.3 is 10.4 Å². The first kappa shape index (κ1) is 14.7. The molecule has 5 nitrogen and oxygen atoms in total. The predicted molar refractivity (Wildman–Crippen MR) is 79.7 cm³/mol. The summed E-state index contributed by atoms with van der Waals surface area (Å²) in [6.07, 6.45) is 4.76. The molecule has 0 aliphatic carbocycles. The molecule has 2 aromatic rings. The van der Waals surface area contributed by atoms with Crippen LogP contribution >= 0.6 is 0 Å². The lowest BCUT2D eigenvalue weighted by molar-refractivity contribution is 0.102. The minimum absolute atomic E-state index is 0.0548. The lowest BCUT2D eigenvalue weighted by Crippen LogP contribution is -2.13. The zero-order chi connectivity index (χ0) is 15.1. The number of aryl methyl sites for hydroxylation is 1. The highest BCUT2D eigenvalue weighted by Gasteiger charge is 2.08. The molecular formula is C16H15N3O2. The molecule has 1 aromatic carbocycles. The number of anilines is 1. The van der Waals surface area contributed by atoms with E-state index < -0.39 is 0 Å². The van der Waals surface area contributed by atoms with Crippen molar-refractivity contribution in [3.05, 3.63) is 53.6 Å². The SMILES string of the molecule is Cc1cc(C#CCCO)ccc1NC(=O)c1cncnc1. The molecule has 0 spiro atoms. The Morgan fingerprint density at radius 2 is 2.10 bits per heavy atom. The van der Waals surface area contributed by atoms with Crippen molar-refractivity contribution in [2.24, 2.45) is 0 Å². The van der Waals surface area contributed by atoms with E-state index in [1.807, 2.05) is 19.1 Å². The fourth-order valence-electron chi connectivity index (χ4n) is 1.71. The van der Waals surface area contributed by atoms with E-state index in [2.05, 4.69) is 27.1 Å². The minimum Gasteiger partial charge on any atom is -0.395 e. The molecule has 0 saturated carbocycles. The van der Waals surface area contributed by atoms with Crippen LogP contribution in [0.5, 0.6) is 0 Å². The second kappa shape index (κ2) is 7.17. The van der Waals surface area contributed by atoms with Crippen LogP contribution in [0.1, 0.15) is 27.9 Å². The lowest BCUT2D eigenvalue weighted by atomic mass is 10.1. The Bertz CT molecular complexity index is 688. The first-order chi connectivity index (χ1) is 10.2. The van der Waals surface area contributed by atoms with Gasteiger partial charge in [-0.05, 0) is 30.7 Å². The summed E-state index contributed by atoms with van der Waals surface area (Å²) in [5.74, 6) is 5.56. The number of aromatic nitrogens is 2. The number of amides is 1. The van der Waals surface area contributed by atoms with E-state index in [1.165, 1.54) is 18.7 Å². The Kier molecular flexibility index (Phi) is 5.02. The molecule has 2 rings (SSSR count). The Labute approximate surface area is 123 Å². The van der Waals surface area contributed by atoms with Crippen LogP contribution in [-0.2, 0) is 0 Å². The zero-order valence-electron chi connectivity index (χ0n) is 11.6. The number of aliphatic hydroxyl groups excluding tert-OH is 1. The molecule has 2 N–H and O–H groups in total. The summed E-state index contributed by atoms with van der Waals surface area (Å²) in [4.78, 5) is 19.6. The number of benzene rings is 1. The van der Waals surface area contributed by atoms with Crippen LogP contribution in [0.4, 0.5) is 5.69 Å². The average molecular weight is 281 g/mol. The van der Waals surface area contributed by atoms with Gasteiger partial charge in [0, 0.05) is 30.1 Å². The molecule has 0 saturated heterocycles. The van der Waals surface area contributed by atoms with Gasteiger partial charge in [-0.25, -0.2) is 9.97 Å². The molecule has 106 valence electrons. The van der Waals surface area contributed by atoms with Gasteiger partial charge in [0.1, 0.15) is 6.33 Å². The van der Waals surface area contributed by atoms with E-state index in [9.17, 15) is 4.79 Å². The van der Waals surface area contributed by atoms with Crippen molar-refractivity contribution in [2.75, 3.05) is 11.9 Å². The third-order valence-electron chi connectivity index (χ3n) is 2.77.